The molecule has 4 nitrogen and oxygen atoms in total. The van der Waals surface area contributed by atoms with Crippen LogP contribution in [-0.2, 0) is 6.18 Å². The molecule has 28 heavy (non-hydrogen) atoms. The highest BCUT2D eigenvalue weighted by molar-refractivity contribution is 7.15. The van der Waals surface area contributed by atoms with Gasteiger partial charge < -0.3 is 10.1 Å². The molecule has 2 unspecified atom stereocenters. The monoisotopic (exact) mass is 410 g/mol. The second-order valence-corrected chi connectivity index (χ2v) is 8.40. The lowest BCUT2D eigenvalue weighted by Gasteiger charge is -2.49. The molecule has 4 heterocycles. The standard InChI is InChI=1S/C20H21F3N2O2S/c1-12-18(13-8-10-25(12)11-9-13)24-19(26)16-6-7-17(28-16)27-15-4-2-14(3-5-15)20(21,22)23/h2-7,12-13,18H,8-11H2,1H3,(H,24,26). The van der Waals surface area contributed by atoms with Crippen LogP contribution in [0.15, 0.2) is 36.4 Å². The summed E-state index contributed by atoms with van der Waals surface area (Å²) in [6.45, 7) is 4.36. The van der Waals surface area contributed by atoms with Gasteiger partial charge >= 0.3 is 6.18 Å². The summed E-state index contributed by atoms with van der Waals surface area (Å²) in [4.78, 5) is 15.6. The Labute approximate surface area is 165 Å². The highest BCUT2D eigenvalue weighted by Gasteiger charge is 2.40. The molecule has 1 amide bonds. The summed E-state index contributed by atoms with van der Waals surface area (Å²) in [6, 6.07) is 8.34. The van der Waals surface area contributed by atoms with Crippen molar-refractivity contribution in [2.45, 2.75) is 38.0 Å². The molecule has 0 radical (unpaired) electrons. The number of piperidine rings is 3. The number of ether oxygens (including phenoxy) is 1. The fourth-order valence-electron chi connectivity index (χ4n) is 4.09. The van der Waals surface area contributed by atoms with Crippen LogP contribution in [0.5, 0.6) is 10.8 Å². The number of benzene rings is 1. The molecule has 1 aromatic carbocycles. The van der Waals surface area contributed by atoms with Gasteiger partial charge in [0.1, 0.15) is 5.75 Å². The number of carbonyl (C=O) groups is 1. The number of nitrogens with zero attached hydrogens (tertiary/aromatic N) is 1. The molecule has 3 aliphatic rings. The third-order valence-electron chi connectivity index (χ3n) is 5.68. The summed E-state index contributed by atoms with van der Waals surface area (Å²) in [5.74, 6) is 0.692. The summed E-state index contributed by atoms with van der Waals surface area (Å²) in [5, 5.41) is 3.63. The number of thiophene rings is 1. The van der Waals surface area contributed by atoms with Crippen molar-refractivity contribution in [3.05, 3.63) is 46.8 Å². The van der Waals surface area contributed by atoms with E-state index in [1.54, 1.807) is 12.1 Å². The number of amides is 1. The fraction of sp³-hybridized carbons (Fsp3) is 0.450. The predicted molar refractivity (Wildman–Crippen MR) is 101 cm³/mol. The normalized spacial score (nSPS) is 26.9. The van der Waals surface area contributed by atoms with Gasteiger partial charge in [0.15, 0.2) is 5.06 Å². The molecule has 0 saturated carbocycles. The van der Waals surface area contributed by atoms with Crippen molar-refractivity contribution in [1.29, 1.82) is 0 Å². The summed E-state index contributed by atoms with van der Waals surface area (Å²) in [6.07, 6.45) is -2.15. The van der Waals surface area contributed by atoms with Crippen molar-refractivity contribution in [3.8, 4) is 10.8 Å². The molecule has 8 heteroatoms. The molecular weight excluding hydrogens is 389 g/mol. The quantitative estimate of drug-likeness (QED) is 0.789. The zero-order chi connectivity index (χ0) is 19.9. The molecule has 5 rings (SSSR count). The number of nitrogens with one attached hydrogen (secondary N) is 1. The Hall–Kier alpha value is -2.06. The van der Waals surface area contributed by atoms with Crippen LogP contribution in [-0.4, -0.2) is 36.0 Å². The number of rotatable bonds is 4. The second-order valence-electron chi connectivity index (χ2n) is 7.36. The predicted octanol–water partition coefficient (Wildman–Crippen LogP) is 4.77. The van der Waals surface area contributed by atoms with Crippen LogP contribution in [0.2, 0.25) is 0 Å². The lowest BCUT2D eigenvalue weighted by Crippen LogP contribution is -2.62. The van der Waals surface area contributed by atoms with Crippen LogP contribution < -0.4 is 10.1 Å². The summed E-state index contributed by atoms with van der Waals surface area (Å²) >= 11 is 1.19. The van der Waals surface area contributed by atoms with E-state index in [-0.39, 0.29) is 11.9 Å². The van der Waals surface area contributed by atoms with E-state index in [0.717, 1.165) is 38.1 Å². The van der Waals surface area contributed by atoms with E-state index in [2.05, 4.69) is 17.1 Å². The van der Waals surface area contributed by atoms with Crippen molar-refractivity contribution in [1.82, 2.24) is 10.2 Å². The zero-order valence-corrected chi connectivity index (χ0v) is 16.1. The highest BCUT2D eigenvalue weighted by atomic mass is 32.1. The van der Waals surface area contributed by atoms with Gasteiger partial charge in [0.25, 0.3) is 5.91 Å². The van der Waals surface area contributed by atoms with Gasteiger partial charge in [0, 0.05) is 12.1 Å². The smallest absolute Gasteiger partial charge is 0.416 e. The first-order chi connectivity index (χ1) is 13.3. The van der Waals surface area contributed by atoms with Gasteiger partial charge in [0.05, 0.1) is 10.4 Å². The second kappa shape index (κ2) is 7.40. The molecule has 3 aliphatic heterocycles. The van der Waals surface area contributed by atoms with E-state index in [1.165, 1.54) is 23.5 Å². The Bertz CT molecular complexity index is 840. The van der Waals surface area contributed by atoms with Gasteiger partial charge in [-0.1, -0.05) is 11.3 Å². The minimum Gasteiger partial charge on any atom is -0.447 e. The van der Waals surface area contributed by atoms with Crippen molar-refractivity contribution in [2.75, 3.05) is 13.1 Å². The summed E-state index contributed by atoms with van der Waals surface area (Å²) < 4.78 is 43.5. The number of halogens is 3. The molecule has 1 aromatic heterocycles. The minimum absolute atomic E-state index is 0.127. The van der Waals surface area contributed by atoms with E-state index in [0.29, 0.717) is 27.6 Å². The van der Waals surface area contributed by atoms with Crippen LogP contribution >= 0.6 is 11.3 Å². The molecule has 0 aliphatic carbocycles. The Morgan fingerprint density at radius 3 is 2.43 bits per heavy atom. The van der Waals surface area contributed by atoms with E-state index < -0.39 is 11.7 Å². The maximum atomic E-state index is 12.7. The number of fused-ring (bicyclic) bond motifs is 3. The van der Waals surface area contributed by atoms with Crippen molar-refractivity contribution >= 4 is 17.2 Å². The molecule has 3 fully saturated rings. The van der Waals surface area contributed by atoms with Crippen molar-refractivity contribution < 1.29 is 22.7 Å². The maximum absolute atomic E-state index is 12.7. The third-order valence-corrected chi connectivity index (χ3v) is 6.64. The topological polar surface area (TPSA) is 41.6 Å². The zero-order valence-electron chi connectivity index (χ0n) is 15.3. The number of carbonyl (C=O) groups excluding carboxylic acids is 1. The molecular formula is C20H21F3N2O2S. The van der Waals surface area contributed by atoms with Crippen molar-refractivity contribution in [2.24, 2.45) is 5.92 Å². The Kier molecular flexibility index (Phi) is 5.09. The van der Waals surface area contributed by atoms with Gasteiger partial charge in [0.2, 0.25) is 0 Å². The first-order valence-electron chi connectivity index (χ1n) is 9.31. The van der Waals surface area contributed by atoms with Gasteiger partial charge in [-0.2, -0.15) is 13.2 Å². The van der Waals surface area contributed by atoms with Crippen LogP contribution in [0.3, 0.4) is 0 Å². The summed E-state index contributed by atoms with van der Waals surface area (Å²) in [7, 11) is 0. The summed E-state index contributed by atoms with van der Waals surface area (Å²) in [5.41, 5.74) is -0.724. The molecule has 2 aromatic rings. The molecule has 150 valence electrons. The van der Waals surface area contributed by atoms with Gasteiger partial charge in [-0.15, -0.1) is 0 Å². The SMILES string of the molecule is CC1C(NC(=O)c2ccc(Oc3ccc(C(F)(F)F)cc3)s2)C2CCN1CC2. The molecule has 3 saturated heterocycles. The lowest BCUT2D eigenvalue weighted by molar-refractivity contribution is -0.137. The van der Waals surface area contributed by atoms with Gasteiger partial charge in [-0.25, -0.2) is 0 Å². The fourth-order valence-corrected chi connectivity index (χ4v) is 4.87. The molecule has 2 atom stereocenters. The van der Waals surface area contributed by atoms with Crippen LogP contribution in [0.1, 0.15) is 35.0 Å². The number of alkyl halides is 3. The maximum Gasteiger partial charge on any atom is 0.416 e. The van der Waals surface area contributed by atoms with E-state index in [9.17, 15) is 18.0 Å². The van der Waals surface area contributed by atoms with Crippen LogP contribution in [0, 0.1) is 5.92 Å². The average molecular weight is 410 g/mol. The van der Waals surface area contributed by atoms with E-state index in [4.69, 9.17) is 4.74 Å². The first kappa shape index (κ1) is 19.3. The van der Waals surface area contributed by atoms with Crippen LogP contribution in [0.4, 0.5) is 13.2 Å². The largest absolute Gasteiger partial charge is 0.447 e. The minimum atomic E-state index is -4.38. The Morgan fingerprint density at radius 1 is 1.14 bits per heavy atom. The van der Waals surface area contributed by atoms with Gasteiger partial charge in [-0.05, 0) is 75.2 Å². The average Bonchev–Trinajstić information content (AvgIpc) is 3.13. The molecule has 1 N–H and O–H groups in total. The first-order valence-corrected chi connectivity index (χ1v) is 10.1. The molecule has 2 bridgehead atoms. The number of hydrogen-bond donors (Lipinski definition) is 1. The van der Waals surface area contributed by atoms with Crippen molar-refractivity contribution in [3.63, 3.8) is 0 Å². The molecule has 0 spiro atoms. The van der Waals surface area contributed by atoms with Gasteiger partial charge in [-0.3, -0.25) is 9.69 Å². The Morgan fingerprint density at radius 2 is 1.82 bits per heavy atom. The van der Waals surface area contributed by atoms with E-state index in [1.807, 2.05) is 0 Å². The van der Waals surface area contributed by atoms with E-state index >= 15 is 0 Å². The highest BCUT2D eigenvalue weighted by Crippen LogP contribution is 2.35. The lowest BCUT2D eigenvalue weighted by atomic mass is 9.79. The number of hydrogen-bond acceptors (Lipinski definition) is 4. The van der Waals surface area contributed by atoms with Crippen LogP contribution in [0.25, 0.3) is 0 Å². The third kappa shape index (κ3) is 3.89. The Balaban J connectivity index is 1.39.